The summed E-state index contributed by atoms with van der Waals surface area (Å²) in [6.07, 6.45) is 6.45. The van der Waals surface area contributed by atoms with E-state index in [0.29, 0.717) is 0 Å². The van der Waals surface area contributed by atoms with Gasteiger partial charge < -0.3 is 9.55 Å². The molecule has 0 fully saturated rings. The fourth-order valence-corrected chi connectivity index (χ4v) is 2.65. The van der Waals surface area contributed by atoms with Crippen molar-refractivity contribution in [2.45, 2.75) is 26.4 Å². The summed E-state index contributed by atoms with van der Waals surface area (Å²) >= 11 is 5.41. The van der Waals surface area contributed by atoms with Gasteiger partial charge in [0.15, 0.2) is 10.4 Å². The van der Waals surface area contributed by atoms with Gasteiger partial charge in [-0.1, -0.05) is 6.92 Å². The molecule has 0 bridgehead atoms. The molecule has 3 rings (SSSR count). The summed E-state index contributed by atoms with van der Waals surface area (Å²) in [5.74, 6) is 0. The Bertz CT molecular complexity index is 745. The van der Waals surface area contributed by atoms with E-state index in [-0.39, 0.29) is 0 Å². The number of fused-ring (bicyclic) bond motifs is 1. The normalized spacial score (nSPS) is 11.5. The maximum Gasteiger partial charge on any atom is 0.179 e. The minimum Gasteiger partial charge on any atom is -0.336 e. The van der Waals surface area contributed by atoms with E-state index < -0.39 is 0 Å². The zero-order chi connectivity index (χ0) is 13.4. The van der Waals surface area contributed by atoms with Gasteiger partial charge in [0.25, 0.3) is 0 Å². The fourth-order valence-electron chi connectivity index (χ4n) is 2.37. The first kappa shape index (κ1) is 12.2. The van der Waals surface area contributed by atoms with Crippen molar-refractivity contribution >= 4 is 23.4 Å². The monoisotopic (exact) mass is 276 g/mol. The lowest BCUT2D eigenvalue weighted by Gasteiger charge is -2.05. The molecule has 0 amide bonds. The third-order valence-electron chi connectivity index (χ3n) is 3.30. The van der Waals surface area contributed by atoms with Crippen LogP contribution in [0, 0.1) is 4.77 Å². The molecule has 0 aliphatic rings. The van der Waals surface area contributed by atoms with E-state index in [1.165, 1.54) is 0 Å². The van der Waals surface area contributed by atoms with E-state index >= 15 is 0 Å². The SMILES string of the molecule is CCc1nn(C)c2c1[nH]c(=S)n2CCn1ccnc1. The Labute approximate surface area is 115 Å². The van der Waals surface area contributed by atoms with Crippen LogP contribution in [0.4, 0.5) is 0 Å². The van der Waals surface area contributed by atoms with Gasteiger partial charge in [-0.05, 0) is 18.6 Å². The molecule has 0 radical (unpaired) electrons. The average Bonchev–Trinajstić information content (AvgIpc) is 3.06. The number of imidazole rings is 2. The molecule has 7 heteroatoms. The van der Waals surface area contributed by atoms with Gasteiger partial charge in [0.1, 0.15) is 5.52 Å². The first-order valence-corrected chi connectivity index (χ1v) is 6.71. The predicted molar refractivity (Wildman–Crippen MR) is 75.5 cm³/mol. The first-order valence-electron chi connectivity index (χ1n) is 6.31. The second-order valence-corrected chi connectivity index (χ2v) is 4.89. The topological polar surface area (TPSA) is 56.4 Å². The lowest BCUT2D eigenvalue weighted by molar-refractivity contribution is 0.572. The van der Waals surface area contributed by atoms with Crippen molar-refractivity contribution in [3.05, 3.63) is 29.2 Å². The van der Waals surface area contributed by atoms with Crippen LogP contribution in [0.25, 0.3) is 11.2 Å². The van der Waals surface area contributed by atoms with Crippen LogP contribution in [-0.4, -0.2) is 28.9 Å². The number of H-pyrrole nitrogens is 1. The van der Waals surface area contributed by atoms with E-state index in [4.69, 9.17) is 12.2 Å². The molecule has 100 valence electrons. The Kier molecular flexibility index (Phi) is 2.98. The minimum absolute atomic E-state index is 0.748. The van der Waals surface area contributed by atoms with Crippen LogP contribution in [0.5, 0.6) is 0 Å². The van der Waals surface area contributed by atoms with E-state index in [0.717, 1.165) is 41.1 Å². The van der Waals surface area contributed by atoms with Crippen LogP contribution < -0.4 is 0 Å². The number of aromatic nitrogens is 6. The van der Waals surface area contributed by atoms with Crippen molar-refractivity contribution in [1.82, 2.24) is 28.9 Å². The first-order chi connectivity index (χ1) is 9.20. The molecule has 3 aromatic rings. The quantitative estimate of drug-likeness (QED) is 0.740. The lowest BCUT2D eigenvalue weighted by Crippen LogP contribution is -2.08. The molecule has 0 unspecified atom stereocenters. The maximum absolute atomic E-state index is 5.41. The molecule has 0 saturated carbocycles. The number of aromatic amines is 1. The number of nitrogens with zero attached hydrogens (tertiary/aromatic N) is 5. The summed E-state index contributed by atoms with van der Waals surface area (Å²) in [6.45, 7) is 3.74. The third-order valence-corrected chi connectivity index (χ3v) is 3.62. The number of hydrogen-bond acceptors (Lipinski definition) is 3. The van der Waals surface area contributed by atoms with Gasteiger partial charge in [-0.2, -0.15) is 5.10 Å². The molecule has 0 atom stereocenters. The van der Waals surface area contributed by atoms with Crippen LogP contribution in [0.2, 0.25) is 0 Å². The van der Waals surface area contributed by atoms with Gasteiger partial charge in [0, 0.05) is 32.5 Å². The zero-order valence-corrected chi connectivity index (χ0v) is 11.8. The van der Waals surface area contributed by atoms with Gasteiger partial charge in [-0.25, -0.2) is 4.98 Å². The average molecular weight is 276 g/mol. The summed E-state index contributed by atoms with van der Waals surface area (Å²) in [7, 11) is 1.96. The lowest BCUT2D eigenvalue weighted by atomic mass is 10.3. The molecule has 1 N–H and O–H groups in total. The summed E-state index contributed by atoms with van der Waals surface area (Å²) < 4.78 is 6.78. The Morgan fingerprint density at radius 1 is 1.37 bits per heavy atom. The molecular weight excluding hydrogens is 260 g/mol. The summed E-state index contributed by atoms with van der Waals surface area (Å²) in [5, 5.41) is 4.51. The van der Waals surface area contributed by atoms with Crippen LogP contribution in [0.1, 0.15) is 12.6 Å². The molecule has 6 nitrogen and oxygen atoms in total. The van der Waals surface area contributed by atoms with Crippen LogP contribution in [-0.2, 0) is 26.6 Å². The standard InChI is InChI=1S/C12H16N6S/c1-3-9-10-11(16(2)15-9)18(12(19)14-10)7-6-17-5-4-13-8-17/h4-5,8H,3,6-7H2,1-2H3,(H,14,19). The predicted octanol–water partition coefficient (Wildman–Crippen LogP) is 1.89. The summed E-state index contributed by atoms with van der Waals surface area (Å²) in [6, 6.07) is 0. The van der Waals surface area contributed by atoms with Crippen molar-refractivity contribution in [3.8, 4) is 0 Å². The highest BCUT2D eigenvalue weighted by molar-refractivity contribution is 7.71. The van der Waals surface area contributed by atoms with Crippen molar-refractivity contribution in [2.24, 2.45) is 7.05 Å². The second kappa shape index (κ2) is 4.65. The molecule has 3 heterocycles. The number of nitrogens with one attached hydrogen (secondary N) is 1. The highest BCUT2D eigenvalue weighted by Crippen LogP contribution is 2.18. The maximum atomic E-state index is 5.41. The molecule has 0 spiro atoms. The minimum atomic E-state index is 0.748. The van der Waals surface area contributed by atoms with E-state index in [1.807, 2.05) is 28.8 Å². The van der Waals surface area contributed by atoms with E-state index in [1.54, 1.807) is 6.20 Å². The van der Waals surface area contributed by atoms with Gasteiger partial charge in [-0.3, -0.25) is 9.25 Å². The van der Waals surface area contributed by atoms with Gasteiger partial charge in [0.2, 0.25) is 0 Å². The Balaban J connectivity index is 2.00. The summed E-state index contributed by atoms with van der Waals surface area (Å²) in [5.41, 5.74) is 3.17. The molecule has 0 aromatic carbocycles. The van der Waals surface area contributed by atoms with Crippen molar-refractivity contribution in [2.75, 3.05) is 0 Å². The Morgan fingerprint density at radius 2 is 2.21 bits per heavy atom. The Morgan fingerprint density at radius 3 is 2.89 bits per heavy atom. The molecular formula is C12H16N6S. The number of hydrogen-bond donors (Lipinski definition) is 1. The third kappa shape index (κ3) is 1.99. The highest BCUT2D eigenvalue weighted by Gasteiger charge is 2.13. The number of rotatable bonds is 4. The molecule has 0 aliphatic heterocycles. The Hall–Kier alpha value is -1.89. The largest absolute Gasteiger partial charge is 0.336 e. The van der Waals surface area contributed by atoms with Crippen molar-refractivity contribution in [1.29, 1.82) is 0 Å². The summed E-state index contributed by atoms with van der Waals surface area (Å²) in [4.78, 5) is 7.31. The molecule has 0 saturated heterocycles. The van der Waals surface area contributed by atoms with Gasteiger partial charge in [0.05, 0.1) is 12.0 Å². The molecule has 19 heavy (non-hydrogen) atoms. The van der Waals surface area contributed by atoms with Crippen molar-refractivity contribution in [3.63, 3.8) is 0 Å². The van der Waals surface area contributed by atoms with E-state index in [9.17, 15) is 0 Å². The van der Waals surface area contributed by atoms with Crippen LogP contribution >= 0.6 is 12.2 Å². The van der Waals surface area contributed by atoms with Crippen LogP contribution in [0.3, 0.4) is 0 Å². The van der Waals surface area contributed by atoms with Gasteiger partial charge in [-0.15, -0.1) is 0 Å². The van der Waals surface area contributed by atoms with Crippen molar-refractivity contribution < 1.29 is 0 Å². The molecule has 3 aromatic heterocycles. The second-order valence-electron chi connectivity index (χ2n) is 4.50. The van der Waals surface area contributed by atoms with Crippen LogP contribution in [0.15, 0.2) is 18.7 Å². The zero-order valence-electron chi connectivity index (χ0n) is 11.0. The fraction of sp³-hybridized carbons (Fsp3) is 0.417. The smallest absolute Gasteiger partial charge is 0.179 e. The highest BCUT2D eigenvalue weighted by atomic mass is 32.1. The molecule has 0 aliphatic carbocycles. The van der Waals surface area contributed by atoms with Gasteiger partial charge >= 0.3 is 0 Å². The number of aryl methyl sites for hydroxylation is 4. The van der Waals surface area contributed by atoms with E-state index in [2.05, 4.69) is 26.6 Å².